The molecule has 0 saturated carbocycles. The van der Waals surface area contributed by atoms with Crippen molar-refractivity contribution in [1.82, 2.24) is 4.90 Å². The Labute approximate surface area is 119 Å². The Hall–Kier alpha value is -1.75. The zero-order valence-electron chi connectivity index (χ0n) is 12.0. The fourth-order valence-corrected chi connectivity index (χ4v) is 2.95. The lowest BCUT2D eigenvalue weighted by molar-refractivity contribution is 0.0967. The number of carbonyl (C=O) groups is 1. The fourth-order valence-electron chi connectivity index (χ4n) is 2.95. The molecule has 1 aliphatic heterocycles. The standard InChI is InChI=1S/C15H22N2O3/c1-19-14-6-4-3-5-13(14)12-7-8-17(15(18)20-2)10-11(12)9-16/h3-6,11-12H,7-10,16H2,1-2H3. The van der Waals surface area contributed by atoms with Crippen LogP contribution in [0.3, 0.4) is 0 Å². The van der Waals surface area contributed by atoms with E-state index >= 15 is 0 Å². The molecule has 2 atom stereocenters. The van der Waals surface area contributed by atoms with Crippen LogP contribution < -0.4 is 10.5 Å². The van der Waals surface area contributed by atoms with Crippen LogP contribution in [0.2, 0.25) is 0 Å². The van der Waals surface area contributed by atoms with Crippen LogP contribution in [0.5, 0.6) is 5.75 Å². The number of carbonyl (C=O) groups excluding carboxylic acids is 1. The number of para-hydroxylation sites is 1. The molecule has 1 amide bonds. The van der Waals surface area contributed by atoms with E-state index in [1.807, 2.05) is 18.2 Å². The quantitative estimate of drug-likeness (QED) is 0.916. The Bertz CT molecular complexity index is 464. The van der Waals surface area contributed by atoms with Crippen LogP contribution in [0.25, 0.3) is 0 Å². The van der Waals surface area contributed by atoms with Gasteiger partial charge in [-0.2, -0.15) is 0 Å². The van der Waals surface area contributed by atoms with Gasteiger partial charge in [-0.05, 0) is 36.4 Å². The maximum Gasteiger partial charge on any atom is 0.409 e. The van der Waals surface area contributed by atoms with Crippen molar-refractivity contribution in [3.05, 3.63) is 29.8 Å². The number of methoxy groups -OCH3 is 2. The maximum absolute atomic E-state index is 11.6. The number of benzene rings is 1. The van der Waals surface area contributed by atoms with Gasteiger partial charge in [0, 0.05) is 13.1 Å². The Balaban J connectivity index is 2.19. The summed E-state index contributed by atoms with van der Waals surface area (Å²) in [5.74, 6) is 1.43. The Morgan fingerprint density at radius 2 is 2.15 bits per heavy atom. The largest absolute Gasteiger partial charge is 0.496 e. The van der Waals surface area contributed by atoms with Crippen molar-refractivity contribution >= 4 is 6.09 Å². The molecule has 2 N–H and O–H groups in total. The molecule has 1 aliphatic rings. The molecule has 1 fully saturated rings. The SMILES string of the molecule is COC(=O)N1CCC(c2ccccc2OC)C(CN)C1. The van der Waals surface area contributed by atoms with Crippen LogP contribution in [0.1, 0.15) is 17.9 Å². The van der Waals surface area contributed by atoms with E-state index in [-0.39, 0.29) is 12.0 Å². The number of ether oxygens (including phenoxy) is 2. The molecule has 0 aromatic heterocycles. The normalized spacial score (nSPS) is 22.4. The van der Waals surface area contributed by atoms with E-state index < -0.39 is 0 Å². The van der Waals surface area contributed by atoms with E-state index in [0.29, 0.717) is 25.6 Å². The number of amides is 1. The molecular formula is C15H22N2O3. The lowest BCUT2D eigenvalue weighted by atomic mass is 9.80. The van der Waals surface area contributed by atoms with E-state index in [9.17, 15) is 4.79 Å². The van der Waals surface area contributed by atoms with Gasteiger partial charge in [-0.15, -0.1) is 0 Å². The fraction of sp³-hybridized carbons (Fsp3) is 0.533. The molecule has 0 spiro atoms. The van der Waals surface area contributed by atoms with Crippen molar-refractivity contribution in [2.24, 2.45) is 11.7 Å². The molecule has 5 nitrogen and oxygen atoms in total. The Morgan fingerprint density at radius 3 is 2.80 bits per heavy atom. The van der Waals surface area contributed by atoms with E-state index in [0.717, 1.165) is 12.2 Å². The van der Waals surface area contributed by atoms with Gasteiger partial charge < -0.3 is 20.1 Å². The summed E-state index contributed by atoms with van der Waals surface area (Å²) in [4.78, 5) is 13.4. The van der Waals surface area contributed by atoms with Crippen molar-refractivity contribution in [2.45, 2.75) is 12.3 Å². The van der Waals surface area contributed by atoms with Gasteiger partial charge in [-0.1, -0.05) is 18.2 Å². The van der Waals surface area contributed by atoms with Crippen molar-refractivity contribution in [1.29, 1.82) is 0 Å². The summed E-state index contributed by atoms with van der Waals surface area (Å²) in [6.07, 6.45) is 0.596. The number of hydrogen-bond donors (Lipinski definition) is 1. The second-order valence-electron chi connectivity index (χ2n) is 5.05. The van der Waals surface area contributed by atoms with E-state index in [1.165, 1.54) is 12.7 Å². The monoisotopic (exact) mass is 278 g/mol. The first kappa shape index (κ1) is 14.7. The van der Waals surface area contributed by atoms with E-state index in [2.05, 4.69) is 6.07 Å². The van der Waals surface area contributed by atoms with Gasteiger partial charge in [0.05, 0.1) is 14.2 Å². The number of nitrogens with two attached hydrogens (primary N) is 1. The maximum atomic E-state index is 11.6. The number of piperidine rings is 1. The first-order chi connectivity index (χ1) is 9.71. The van der Waals surface area contributed by atoms with Gasteiger partial charge in [0.1, 0.15) is 5.75 Å². The van der Waals surface area contributed by atoms with Gasteiger partial charge in [0.2, 0.25) is 0 Å². The molecule has 0 radical (unpaired) electrons. The molecule has 5 heteroatoms. The minimum Gasteiger partial charge on any atom is -0.496 e. The summed E-state index contributed by atoms with van der Waals surface area (Å²) >= 11 is 0. The third-order valence-corrected chi connectivity index (χ3v) is 4.01. The van der Waals surface area contributed by atoms with Crippen molar-refractivity contribution in [2.75, 3.05) is 33.9 Å². The molecule has 0 bridgehead atoms. The van der Waals surface area contributed by atoms with Gasteiger partial charge in [0.15, 0.2) is 0 Å². The summed E-state index contributed by atoms with van der Waals surface area (Å²) in [6, 6.07) is 8.02. The van der Waals surface area contributed by atoms with Crippen LogP contribution in [0.4, 0.5) is 4.79 Å². The molecule has 2 rings (SSSR count). The topological polar surface area (TPSA) is 64.8 Å². The highest BCUT2D eigenvalue weighted by Crippen LogP contribution is 2.37. The van der Waals surface area contributed by atoms with Crippen LogP contribution in [0, 0.1) is 5.92 Å². The average molecular weight is 278 g/mol. The highest BCUT2D eigenvalue weighted by molar-refractivity contribution is 5.67. The predicted octanol–water partition coefficient (Wildman–Crippen LogP) is 1.83. The first-order valence-corrected chi connectivity index (χ1v) is 6.87. The molecule has 1 aromatic rings. The molecule has 2 unspecified atom stereocenters. The second kappa shape index (κ2) is 6.61. The molecule has 0 aliphatic carbocycles. The van der Waals surface area contributed by atoms with Crippen LogP contribution in [0.15, 0.2) is 24.3 Å². The van der Waals surface area contributed by atoms with Crippen molar-refractivity contribution in [3.63, 3.8) is 0 Å². The first-order valence-electron chi connectivity index (χ1n) is 6.87. The Kier molecular flexibility index (Phi) is 4.84. The zero-order chi connectivity index (χ0) is 14.5. The van der Waals surface area contributed by atoms with Crippen LogP contribution in [-0.2, 0) is 4.74 Å². The van der Waals surface area contributed by atoms with Gasteiger partial charge in [0.25, 0.3) is 0 Å². The number of nitrogens with zero attached hydrogens (tertiary/aromatic N) is 1. The third kappa shape index (κ3) is 2.88. The highest BCUT2D eigenvalue weighted by atomic mass is 16.5. The predicted molar refractivity (Wildman–Crippen MR) is 76.9 cm³/mol. The van der Waals surface area contributed by atoms with E-state index in [4.69, 9.17) is 15.2 Å². The van der Waals surface area contributed by atoms with Gasteiger partial charge in [-0.25, -0.2) is 4.79 Å². The van der Waals surface area contributed by atoms with Gasteiger partial charge >= 0.3 is 6.09 Å². The third-order valence-electron chi connectivity index (χ3n) is 4.01. The number of rotatable bonds is 3. The van der Waals surface area contributed by atoms with E-state index in [1.54, 1.807) is 12.0 Å². The van der Waals surface area contributed by atoms with Crippen LogP contribution in [-0.4, -0.2) is 44.8 Å². The average Bonchev–Trinajstić information content (AvgIpc) is 2.53. The molecule has 20 heavy (non-hydrogen) atoms. The zero-order valence-corrected chi connectivity index (χ0v) is 12.0. The minimum atomic E-state index is -0.276. The summed E-state index contributed by atoms with van der Waals surface area (Å²) in [5.41, 5.74) is 7.08. The minimum absolute atomic E-state index is 0.221. The molecule has 1 saturated heterocycles. The smallest absolute Gasteiger partial charge is 0.409 e. The summed E-state index contributed by atoms with van der Waals surface area (Å²) in [5, 5.41) is 0. The second-order valence-corrected chi connectivity index (χ2v) is 5.05. The Morgan fingerprint density at radius 1 is 1.40 bits per heavy atom. The molecule has 1 heterocycles. The lowest BCUT2D eigenvalue weighted by Gasteiger charge is -2.38. The summed E-state index contributed by atoms with van der Waals surface area (Å²) < 4.78 is 10.2. The molecule has 110 valence electrons. The number of likely N-dealkylation sites (tertiary alicyclic amines) is 1. The molecular weight excluding hydrogens is 256 g/mol. The van der Waals surface area contributed by atoms with Crippen LogP contribution >= 0.6 is 0 Å². The summed E-state index contributed by atoms with van der Waals surface area (Å²) in [6.45, 7) is 1.86. The van der Waals surface area contributed by atoms with Gasteiger partial charge in [-0.3, -0.25) is 0 Å². The number of hydrogen-bond acceptors (Lipinski definition) is 4. The highest BCUT2D eigenvalue weighted by Gasteiger charge is 2.33. The summed E-state index contributed by atoms with van der Waals surface area (Å²) in [7, 11) is 3.09. The lowest BCUT2D eigenvalue weighted by Crippen LogP contribution is -2.45. The van der Waals surface area contributed by atoms with Crippen molar-refractivity contribution in [3.8, 4) is 5.75 Å². The molecule has 1 aromatic carbocycles. The van der Waals surface area contributed by atoms with Crippen molar-refractivity contribution < 1.29 is 14.3 Å².